The standard InChI is InChI=1S/C31H35N3O5/c35-30(15-12-25-6-4-5-9-29(25)38-27-7-2-1-3-8-27)34-17-16-32-23-26(34)22-24-10-13-28(14-11-24)39-31(36)33-18-20-37-21-19-33/h1-11,13-14,26,32H,12,15-23H2/t26-/m1/s1. The van der Waals surface area contributed by atoms with Crippen LogP contribution in [0.5, 0.6) is 17.2 Å². The maximum absolute atomic E-state index is 13.4. The fraction of sp³-hybridized carbons (Fsp3) is 0.355. The summed E-state index contributed by atoms with van der Waals surface area (Å²) in [6.45, 7) is 4.36. The molecule has 0 unspecified atom stereocenters. The Morgan fingerprint density at radius 2 is 1.62 bits per heavy atom. The first-order valence-corrected chi connectivity index (χ1v) is 13.6. The zero-order chi connectivity index (χ0) is 26.9. The summed E-state index contributed by atoms with van der Waals surface area (Å²) in [6, 6.07) is 25.2. The molecule has 0 aromatic heterocycles. The van der Waals surface area contributed by atoms with Crippen LogP contribution in [0.15, 0.2) is 78.9 Å². The first-order valence-electron chi connectivity index (χ1n) is 13.6. The third-order valence-corrected chi connectivity index (χ3v) is 7.09. The van der Waals surface area contributed by atoms with Crippen molar-refractivity contribution in [3.63, 3.8) is 0 Å². The lowest BCUT2D eigenvalue weighted by atomic mass is 10.0. The summed E-state index contributed by atoms with van der Waals surface area (Å²) in [4.78, 5) is 29.4. The molecule has 8 nitrogen and oxygen atoms in total. The van der Waals surface area contributed by atoms with E-state index in [1.807, 2.05) is 83.8 Å². The second kappa shape index (κ2) is 13.3. The molecule has 2 heterocycles. The van der Waals surface area contributed by atoms with Gasteiger partial charge in [-0.2, -0.15) is 0 Å². The Hall–Kier alpha value is -3.88. The number of nitrogens with one attached hydrogen (secondary N) is 1. The van der Waals surface area contributed by atoms with E-state index < -0.39 is 0 Å². The second-order valence-corrected chi connectivity index (χ2v) is 9.78. The van der Waals surface area contributed by atoms with Gasteiger partial charge in [-0.1, -0.05) is 48.5 Å². The van der Waals surface area contributed by atoms with Crippen molar-refractivity contribution >= 4 is 12.0 Å². The molecule has 1 N–H and O–H groups in total. The maximum atomic E-state index is 13.4. The van der Waals surface area contributed by atoms with Crippen LogP contribution in [-0.4, -0.2) is 73.8 Å². The van der Waals surface area contributed by atoms with Gasteiger partial charge in [0.15, 0.2) is 0 Å². The number of para-hydroxylation sites is 2. The van der Waals surface area contributed by atoms with Crippen molar-refractivity contribution in [2.45, 2.75) is 25.3 Å². The molecule has 2 fully saturated rings. The zero-order valence-electron chi connectivity index (χ0n) is 22.1. The summed E-state index contributed by atoms with van der Waals surface area (Å²) < 4.78 is 16.9. The van der Waals surface area contributed by atoms with Gasteiger partial charge in [0.2, 0.25) is 5.91 Å². The number of carbonyl (C=O) groups is 2. The fourth-order valence-electron chi connectivity index (χ4n) is 4.96. The highest BCUT2D eigenvalue weighted by Crippen LogP contribution is 2.26. The minimum Gasteiger partial charge on any atom is -0.457 e. The predicted octanol–water partition coefficient (Wildman–Crippen LogP) is 4.29. The number of aryl methyl sites for hydroxylation is 1. The van der Waals surface area contributed by atoms with E-state index in [1.165, 1.54) is 0 Å². The molecule has 0 radical (unpaired) electrons. The SMILES string of the molecule is O=C(Oc1ccc(C[C@@H]2CNCCN2C(=O)CCc2ccccc2Oc2ccccc2)cc1)N1CCOCC1. The van der Waals surface area contributed by atoms with Crippen molar-refractivity contribution in [1.82, 2.24) is 15.1 Å². The van der Waals surface area contributed by atoms with Crippen molar-refractivity contribution in [3.8, 4) is 17.2 Å². The summed E-state index contributed by atoms with van der Waals surface area (Å²) >= 11 is 0. The molecular weight excluding hydrogens is 494 g/mol. The Bertz CT molecular complexity index is 1230. The molecule has 2 saturated heterocycles. The Labute approximate surface area is 229 Å². The molecule has 0 saturated carbocycles. The third kappa shape index (κ3) is 7.37. The van der Waals surface area contributed by atoms with Crippen LogP contribution in [-0.2, 0) is 22.4 Å². The summed E-state index contributed by atoms with van der Waals surface area (Å²) in [5, 5.41) is 3.43. The van der Waals surface area contributed by atoms with E-state index in [1.54, 1.807) is 4.90 Å². The van der Waals surface area contributed by atoms with Crippen molar-refractivity contribution in [2.75, 3.05) is 45.9 Å². The molecule has 0 aliphatic carbocycles. The number of morpholine rings is 1. The highest BCUT2D eigenvalue weighted by Gasteiger charge is 2.27. The van der Waals surface area contributed by atoms with Gasteiger partial charge in [-0.05, 0) is 54.3 Å². The molecule has 2 aliphatic heterocycles. The van der Waals surface area contributed by atoms with E-state index in [-0.39, 0.29) is 18.0 Å². The molecule has 39 heavy (non-hydrogen) atoms. The van der Waals surface area contributed by atoms with Gasteiger partial charge in [0, 0.05) is 45.2 Å². The minimum absolute atomic E-state index is 0.0591. The predicted molar refractivity (Wildman–Crippen MR) is 148 cm³/mol. The second-order valence-electron chi connectivity index (χ2n) is 9.78. The number of rotatable bonds is 8. The smallest absolute Gasteiger partial charge is 0.415 e. The van der Waals surface area contributed by atoms with Crippen molar-refractivity contribution in [3.05, 3.63) is 90.0 Å². The number of amides is 2. The highest BCUT2D eigenvalue weighted by atomic mass is 16.6. The number of ether oxygens (including phenoxy) is 3. The summed E-state index contributed by atoms with van der Waals surface area (Å²) in [7, 11) is 0. The number of nitrogens with zero attached hydrogens (tertiary/aromatic N) is 2. The van der Waals surface area contributed by atoms with Crippen LogP contribution in [0.4, 0.5) is 4.79 Å². The molecule has 204 valence electrons. The monoisotopic (exact) mass is 529 g/mol. The van der Waals surface area contributed by atoms with E-state index in [9.17, 15) is 9.59 Å². The number of benzene rings is 3. The van der Waals surface area contributed by atoms with Crippen LogP contribution in [0, 0.1) is 0 Å². The minimum atomic E-state index is -0.352. The summed E-state index contributed by atoms with van der Waals surface area (Å²) in [6.07, 6.45) is 1.41. The molecule has 2 amide bonds. The average molecular weight is 530 g/mol. The Morgan fingerprint density at radius 1 is 0.872 bits per heavy atom. The summed E-state index contributed by atoms with van der Waals surface area (Å²) in [5.41, 5.74) is 2.11. The van der Waals surface area contributed by atoms with Gasteiger partial charge in [-0.25, -0.2) is 4.79 Å². The van der Waals surface area contributed by atoms with Gasteiger partial charge in [-0.3, -0.25) is 4.79 Å². The van der Waals surface area contributed by atoms with Crippen molar-refractivity contribution in [2.24, 2.45) is 0 Å². The van der Waals surface area contributed by atoms with Gasteiger partial charge in [0.1, 0.15) is 17.2 Å². The van der Waals surface area contributed by atoms with E-state index in [2.05, 4.69) is 5.32 Å². The van der Waals surface area contributed by atoms with E-state index in [4.69, 9.17) is 14.2 Å². The largest absolute Gasteiger partial charge is 0.457 e. The molecule has 1 atom stereocenters. The quantitative estimate of drug-likeness (QED) is 0.469. The van der Waals surface area contributed by atoms with Crippen LogP contribution in [0.25, 0.3) is 0 Å². The Balaban J connectivity index is 1.16. The van der Waals surface area contributed by atoms with Gasteiger partial charge < -0.3 is 29.3 Å². The number of piperazine rings is 1. The zero-order valence-corrected chi connectivity index (χ0v) is 22.1. The van der Waals surface area contributed by atoms with Crippen LogP contribution < -0.4 is 14.8 Å². The molecule has 0 bridgehead atoms. The average Bonchev–Trinajstić information content (AvgIpc) is 2.99. The first-order chi connectivity index (χ1) is 19.2. The molecule has 2 aliphatic rings. The molecular formula is C31H35N3O5. The Kier molecular flexibility index (Phi) is 9.09. The fourth-order valence-corrected chi connectivity index (χ4v) is 4.96. The first kappa shape index (κ1) is 26.7. The van der Waals surface area contributed by atoms with Crippen LogP contribution in [0.1, 0.15) is 17.5 Å². The van der Waals surface area contributed by atoms with Crippen LogP contribution >= 0.6 is 0 Å². The van der Waals surface area contributed by atoms with Gasteiger partial charge in [-0.15, -0.1) is 0 Å². The van der Waals surface area contributed by atoms with E-state index >= 15 is 0 Å². The maximum Gasteiger partial charge on any atom is 0.415 e. The molecule has 0 spiro atoms. The lowest BCUT2D eigenvalue weighted by Gasteiger charge is -2.36. The third-order valence-electron chi connectivity index (χ3n) is 7.09. The number of hydrogen-bond acceptors (Lipinski definition) is 6. The molecule has 5 rings (SSSR count). The van der Waals surface area contributed by atoms with Gasteiger partial charge >= 0.3 is 6.09 Å². The topological polar surface area (TPSA) is 80.3 Å². The molecule has 3 aromatic carbocycles. The Morgan fingerprint density at radius 3 is 2.41 bits per heavy atom. The van der Waals surface area contributed by atoms with Crippen LogP contribution in [0.3, 0.4) is 0 Å². The molecule has 3 aromatic rings. The van der Waals surface area contributed by atoms with Crippen molar-refractivity contribution in [1.29, 1.82) is 0 Å². The van der Waals surface area contributed by atoms with E-state index in [0.29, 0.717) is 51.4 Å². The van der Waals surface area contributed by atoms with Crippen LogP contribution in [0.2, 0.25) is 0 Å². The highest BCUT2D eigenvalue weighted by molar-refractivity contribution is 5.77. The number of hydrogen-bond donors (Lipinski definition) is 1. The van der Waals surface area contributed by atoms with E-state index in [0.717, 1.165) is 42.1 Å². The molecule has 8 heteroatoms. The lowest BCUT2D eigenvalue weighted by molar-refractivity contribution is -0.134. The van der Waals surface area contributed by atoms with Gasteiger partial charge in [0.05, 0.1) is 13.2 Å². The number of carbonyl (C=O) groups excluding carboxylic acids is 2. The summed E-state index contributed by atoms with van der Waals surface area (Å²) in [5.74, 6) is 2.22. The van der Waals surface area contributed by atoms with Crippen molar-refractivity contribution < 1.29 is 23.8 Å². The van der Waals surface area contributed by atoms with Gasteiger partial charge in [0.25, 0.3) is 0 Å². The normalized spacial score (nSPS) is 17.5. The lowest BCUT2D eigenvalue weighted by Crippen LogP contribution is -2.54.